The van der Waals surface area contributed by atoms with Crippen LogP contribution in [0.5, 0.6) is 5.75 Å². The number of ether oxygens (including phenoxy) is 1. The van der Waals surface area contributed by atoms with Crippen molar-refractivity contribution in [1.29, 1.82) is 0 Å². The van der Waals surface area contributed by atoms with Gasteiger partial charge in [0.15, 0.2) is 0 Å². The standard InChI is InChI=1S/C16H22O2/c1-2-3-4-5-6-10-14-12-13-9-7-8-11-15(13)18-16(14)17/h7-9,11,14H,2-6,10,12H2,1H3. The number of benzene rings is 1. The van der Waals surface area contributed by atoms with Crippen LogP contribution in [0.25, 0.3) is 0 Å². The van der Waals surface area contributed by atoms with Crippen LogP contribution in [0.1, 0.15) is 51.0 Å². The summed E-state index contributed by atoms with van der Waals surface area (Å²) in [6, 6.07) is 7.87. The number of para-hydroxylation sites is 1. The number of hydrogen-bond donors (Lipinski definition) is 0. The zero-order valence-corrected chi connectivity index (χ0v) is 11.2. The van der Waals surface area contributed by atoms with Crippen LogP contribution in [0, 0.1) is 5.92 Å². The molecule has 0 fully saturated rings. The fraction of sp³-hybridized carbons (Fsp3) is 0.562. The van der Waals surface area contributed by atoms with Crippen molar-refractivity contribution in [3.8, 4) is 5.75 Å². The van der Waals surface area contributed by atoms with E-state index in [0.29, 0.717) is 0 Å². The number of fused-ring (bicyclic) bond motifs is 1. The third-order valence-corrected chi connectivity index (χ3v) is 3.64. The van der Waals surface area contributed by atoms with E-state index in [1.54, 1.807) is 0 Å². The maximum atomic E-state index is 11.9. The molecule has 2 rings (SSSR count). The predicted octanol–water partition coefficient (Wildman–Crippen LogP) is 4.12. The van der Waals surface area contributed by atoms with Gasteiger partial charge in [0.05, 0.1) is 5.92 Å². The van der Waals surface area contributed by atoms with Crippen LogP contribution in [-0.4, -0.2) is 5.97 Å². The average Bonchev–Trinajstić information content (AvgIpc) is 2.39. The highest BCUT2D eigenvalue weighted by molar-refractivity contribution is 5.77. The van der Waals surface area contributed by atoms with Crippen molar-refractivity contribution in [2.75, 3.05) is 0 Å². The second kappa shape index (κ2) is 6.58. The molecule has 1 aliphatic rings. The molecule has 1 aliphatic heterocycles. The van der Waals surface area contributed by atoms with Gasteiger partial charge in [-0.2, -0.15) is 0 Å². The lowest BCUT2D eigenvalue weighted by atomic mass is 9.91. The van der Waals surface area contributed by atoms with Crippen molar-refractivity contribution >= 4 is 5.97 Å². The zero-order chi connectivity index (χ0) is 12.8. The van der Waals surface area contributed by atoms with Gasteiger partial charge in [0.25, 0.3) is 0 Å². The van der Waals surface area contributed by atoms with Gasteiger partial charge in [0, 0.05) is 0 Å². The second-order valence-corrected chi connectivity index (χ2v) is 5.13. The number of esters is 1. The molecule has 0 saturated heterocycles. The molecule has 0 spiro atoms. The quantitative estimate of drug-likeness (QED) is 0.428. The summed E-state index contributed by atoms with van der Waals surface area (Å²) in [5, 5.41) is 0. The van der Waals surface area contributed by atoms with E-state index in [2.05, 4.69) is 13.0 Å². The molecule has 1 atom stereocenters. The van der Waals surface area contributed by atoms with Crippen molar-refractivity contribution in [3.63, 3.8) is 0 Å². The van der Waals surface area contributed by atoms with E-state index >= 15 is 0 Å². The smallest absolute Gasteiger partial charge is 0.314 e. The molecule has 1 heterocycles. The first kappa shape index (κ1) is 13.1. The molecular weight excluding hydrogens is 224 g/mol. The lowest BCUT2D eigenvalue weighted by molar-refractivity contribution is -0.140. The normalized spacial score (nSPS) is 18.3. The number of rotatable bonds is 6. The first-order chi connectivity index (χ1) is 8.81. The van der Waals surface area contributed by atoms with E-state index in [1.807, 2.05) is 18.2 Å². The van der Waals surface area contributed by atoms with Gasteiger partial charge in [0.2, 0.25) is 0 Å². The zero-order valence-electron chi connectivity index (χ0n) is 11.2. The SMILES string of the molecule is CCCCCCCC1Cc2ccccc2OC1=O. The molecule has 1 aromatic rings. The third kappa shape index (κ3) is 3.34. The largest absolute Gasteiger partial charge is 0.426 e. The summed E-state index contributed by atoms with van der Waals surface area (Å²) in [5.74, 6) is 0.787. The Labute approximate surface area is 109 Å². The van der Waals surface area contributed by atoms with Crippen molar-refractivity contribution in [1.82, 2.24) is 0 Å². The molecule has 18 heavy (non-hydrogen) atoms. The van der Waals surface area contributed by atoms with Crippen LogP contribution in [0.3, 0.4) is 0 Å². The molecule has 0 aliphatic carbocycles. The minimum atomic E-state index is -0.0378. The van der Waals surface area contributed by atoms with E-state index in [-0.39, 0.29) is 11.9 Å². The predicted molar refractivity (Wildman–Crippen MR) is 72.6 cm³/mol. The summed E-state index contributed by atoms with van der Waals surface area (Å²) in [6.45, 7) is 2.22. The van der Waals surface area contributed by atoms with Crippen LogP contribution in [-0.2, 0) is 11.2 Å². The van der Waals surface area contributed by atoms with Gasteiger partial charge in [-0.05, 0) is 24.5 Å². The Hall–Kier alpha value is -1.31. The van der Waals surface area contributed by atoms with E-state index in [9.17, 15) is 4.79 Å². The first-order valence-electron chi connectivity index (χ1n) is 7.11. The Morgan fingerprint density at radius 3 is 2.78 bits per heavy atom. The topological polar surface area (TPSA) is 26.3 Å². The van der Waals surface area contributed by atoms with Gasteiger partial charge in [-0.15, -0.1) is 0 Å². The first-order valence-corrected chi connectivity index (χ1v) is 7.11. The molecule has 2 nitrogen and oxygen atoms in total. The third-order valence-electron chi connectivity index (χ3n) is 3.64. The van der Waals surface area contributed by atoms with Gasteiger partial charge in [-0.25, -0.2) is 0 Å². The second-order valence-electron chi connectivity index (χ2n) is 5.13. The highest BCUT2D eigenvalue weighted by Gasteiger charge is 2.27. The summed E-state index contributed by atoms with van der Waals surface area (Å²) in [5.41, 5.74) is 1.18. The summed E-state index contributed by atoms with van der Waals surface area (Å²) in [6.07, 6.45) is 8.05. The van der Waals surface area contributed by atoms with E-state index in [1.165, 1.54) is 31.2 Å². The van der Waals surface area contributed by atoms with Crippen molar-refractivity contribution in [2.45, 2.75) is 51.9 Å². The van der Waals surface area contributed by atoms with Gasteiger partial charge in [0.1, 0.15) is 5.75 Å². The Morgan fingerprint density at radius 2 is 1.94 bits per heavy atom. The molecule has 1 unspecified atom stereocenters. The number of carbonyl (C=O) groups excluding carboxylic acids is 1. The molecule has 0 radical (unpaired) electrons. The molecule has 98 valence electrons. The summed E-state index contributed by atoms with van der Waals surface area (Å²) in [7, 11) is 0. The fourth-order valence-electron chi connectivity index (χ4n) is 2.53. The van der Waals surface area contributed by atoms with Gasteiger partial charge < -0.3 is 4.74 Å². The molecule has 0 amide bonds. The molecular formula is C16H22O2. The maximum Gasteiger partial charge on any atom is 0.314 e. The van der Waals surface area contributed by atoms with E-state index in [4.69, 9.17) is 4.74 Å². The average molecular weight is 246 g/mol. The van der Waals surface area contributed by atoms with Crippen LogP contribution in [0.4, 0.5) is 0 Å². The molecule has 0 bridgehead atoms. The number of hydrogen-bond acceptors (Lipinski definition) is 2. The van der Waals surface area contributed by atoms with Crippen molar-refractivity contribution < 1.29 is 9.53 Å². The number of carbonyl (C=O) groups is 1. The lowest BCUT2D eigenvalue weighted by Crippen LogP contribution is -2.27. The van der Waals surface area contributed by atoms with Crippen molar-refractivity contribution in [2.24, 2.45) is 5.92 Å². The minimum Gasteiger partial charge on any atom is -0.426 e. The maximum absolute atomic E-state index is 11.9. The molecule has 0 aromatic heterocycles. The highest BCUT2D eigenvalue weighted by Crippen LogP contribution is 2.30. The lowest BCUT2D eigenvalue weighted by Gasteiger charge is -2.23. The summed E-state index contributed by atoms with van der Waals surface area (Å²) < 4.78 is 5.38. The Kier molecular flexibility index (Phi) is 4.80. The monoisotopic (exact) mass is 246 g/mol. The molecule has 0 saturated carbocycles. The van der Waals surface area contributed by atoms with Gasteiger partial charge in [-0.3, -0.25) is 4.79 Å². The summed E-state index contributed by atoms with van der Waals surface area (Å²) >= 11 is 0. The minimum absolute atomic E-state index is 0.0378. The van der Waals surface area contributed by atoms with Gasteiger partial charge in [-0.1, -0.05) is 57.2 Å². The molecule has 0 N–H and O–H groups in total. The molecule has 2 heteroatoms. The van der Waals surface area contributed by atoms with Crippen LogP contribution in [0.2, 0.25) is 0 Å². The van der Waals surface area contributed by atoms with Gasteiger partial charge >= 0.3 is 5.97 Å². The Morgan fingerprint density at radius 1 is 1.17 bits per heavy atom. The molecule has 1 aromatic carbocycles. The van der Waals surface area contributed by atoms with E-state index < -0.39 is 0 Å². The number of unbranched alkanes of at least 4 members (excludes halogenated alkanes) is 4. The Balaban J connectivity index is 1.82. The van der Waals surface area contributed by atoms with Crippen LogP contribution >= 0.6 is 0 Å². The van der Waals surface area contributed by atoms with Crippen LogP contribution in [0.15, 0.2) is 24.3 Å². The Bertz CT molecular complexity index is 398. The summed E-state index contributed by atoms with van der Waals surface area (Å²) in [4.78, 5) is 11.9. The van der Waals surface area contributed by atoms with Crippen LogP contribution < -0.4 is 4.74 Å². The van der Waals surface area contributed by atoms with E-state index in [0.717, 1.165) is 25.0 Å². The van der Waals surface area contributed by atoms with Crippen molar-refractivity contribution in [3.05, 3.63) is 29.8 Å². The fourth-order valence-corrected chi connectivity index (χ4v) is 2.53. The highest BCUT2D eigenvalue weighted by atomic mass is 16.5.